The van der Waals surface area contributed by atoms with Crippen LogP contribution in [-0.2, 0) is 4.79 Å². The molecule has 0 bridgehead atoms. The molecule has 2 unspecified atom stereocenters. The molecule has 0 saturated carbocycles. The summed E-state index contributed by atoms with van der Waals surface area (Å²) in [6.45, 7) is 3.97. The summed E-state index contributed by atoms with van der Waals surface area (Å²) in [7, 11) is 0. The number of anilines is 1. The van der Waals surface area contributed by atoms with Crippen LogP contribution in [0.1, 0.15) is 13.8 Å². The number of benzene rings is 1. The van der Waals surface area contributed by atoms with Crippen molar-refractivity contribution >= 4 is 12.0 Å². The van der Waals surface area contributed by atoms with Gasteiger partial charge in [0.25, 0.3) is 0 Å². The Morgan fingerprint density at radius 1 is 1.50 bits per heavy atom. The van der Waals surface area contributed by atoms with Crippen molar-refractivity contribution < 1.29 is 13.9 Å². The number of fused-ring (bicyclic) bond motifs is 1. The molecule has 2 rings (SSSR count). The Morgan fingerprint density at radius 2 is 2.25 bits per heavy atom. The zero-order chi connectivity index (χ0) is 11.7. The van der Waals surface area contributed by atoms with E-state index in [2.05, 4.69) is 5.32 Å². The summed E-state index contributed by atoms with van der Waals surface area (Å²) in [5.74, 6) is 0.460. The Hall–Kier alpha value is -1.58. The number of aldehydes is 1. The number of hydrogen-bond acceptors (Lipinski definition) is 3. The zero-order valence-corrected chi connectivity index (χ0v) is 9.24. The average molecular weight is 223 g/mol. The van der Waals surface area contributed by atoms with Crippen LogP contribution < -0.4 is 10.1 Å². The molecular weight excluding hydrogens is 209 g/mol. The lowest BCUT2D eigenvalue weighted by atomic mass is 9.98. The molecule has 1 heterocycles. The van der Waals surface area contributed by atoms with Gasteiger partial charge in [-0.1, -0.05) is 13.8 Å². The van der Waals surface area contributed by atoms with Crippen LogP contribution in [-0.4, -0.2) is 18.4 Å². The predicted molar refractivity (Wildman–Crippen MR) is 59.1 cm³/mol. The molecule has 1 aromatic rings. The van der Waals surface area contributed by atoms with Gasteiger partial charge in [0.1, 0.15) is 30.0 Å². The highest BCUT2D eigenvalue weighted by molar-refractivity contribution is 5.70. The van der Waals surface area contributed by atoms with Gasteiger partial charge in [0.2, 0.25) is 0 Å². The lowest BCUT2D eigenvalue weighted by Gasteiger charge is -2.34. The highest BCUT2D eigenvalue weighted by atomic mass is 19.1. The maximum atomic E-state index is 13.0. The van der Waals surface area contributed by atoms with E-state index in [-0.39, 0.29) is 17.8 Å². The van der Waals surface area contributed by atoms with E-state index in [1.165, 1.54) is 12.1 Å². The van der Waals surface area contributed by atoms with Gasteiger partial charge in [0.05, 0.1) is 5.69 Å². The standard InChI is InChI=1S/C12H14FNO2/c1-7(2)12-10(6-15)14-9-5-8(13)3-4-11(9)16-12/h3-7,10,12,14H,1-2H3. The number of carbonyl (C=O) groups is 1. The molecule has 3 nitrogen and oxygen atoms in total. The number of hydrogen-bond donors (Lipinski definition) is 1. The summed E-state index contributed by atoms with van der Waals surface area (Å²) >= 11 is 0. The number of nitrogens with one attached hydrogen (secondary N) is 1. The van der Waals surface area contributed by atoms with Gasteiger partial charge in [-0.3, -0.25) is 0 Å². The molecule has 1 N–H and O–H groups in total. The zero-order valence-electron chi connectivity index (χ0n) is 9.24. The second-order valence-electron chi connectivity index (χ2n) is 4.27. The molecule has 1 aliphatic rings. The Bertz CT molecular complexity index is 406. The maximum absolute atomic E-state index is 13.0. The molecule has 0 aromatic heterocycles. The minimum absolute atomic E-state index is 0.209. The molecule has 0 radical (unpaired) electrons. The van der Waals surface area contributed by atoms with Gasteiger partial charge in [-0.2, -0.15) is 0 Å². The quantitative estimate of drug-likeness (QED) is 0.781. The molecule has 0 spiro atoms. The van der Waals surface area contributed by atoms with Gasteiger partial charge in [0.15, 0.2) is 0 Å². The van der Waals surface area contributed by atoms with Crippen LogP contribution in [0.15, 0.2) is 18.2 Å². The van der Waals surface area contributed by atoms with E-state index in [9.17, 15) is 9.18 Å². The molecule has 4 heteroatoms. The Kier molecular flexibility index (Phi) is 2.81. The van der Waals surface area contributed by atoms with Crippen LogP contribution in [0.2, 0.25) is 0 Å². The first-order valence-corrected chi connectivity index (χ1v) is 5.30. The smallest absolute Gasteiger partial charge is 0.146 e. The minimum Gasteiger partial charge on any atom is -0.485 e. The summed E-state index contributed by atoms with van der Waals surface area (Å²) in [4.78, 5) is 10.9. The van der Waals surface area contributed by atoms with Crippen LogP contribution in [0.25, 0.3) is 0 Å². The van der Waals surface area contributed by atoms with Crippen molar-refractivity contribution in [3.63, 3.8) is 0 Å². The summed E-state index contributed by atoms with van der Waals surface area (Å²) in [6, 6.07) is 3.84. The molecule has 2 atom stereocenters. The van der Waals surface area contributed by atoms with Crippen LogP contribution in [0.3, 0.4) is 0 Å². The van der Waals surface area contributed by atoms with Crippen LogP contribution in [0, 0.1) is 11.7 Å². The van der Waals surface area contributed by atoms with Crippen molar-refractivity contribution in [2.75, 3.05) is 5.32 Å². The van der Waals surface area contributed by atoms with Crippen molar-refractivity contribution in [3.8, 4) is 5.75 Å². The molecule has 1 aliphatic heterocycles. The van der Waals surface area contributed by atoms with Gasteiger partial charge in [0, 0.05) is 6.07 Å². The topological polar surface area (TPSA) is 38.3 Å². The molecular formula is C12H14FNO2. The Balaban J connectivity index is 2.33. The van der Waals surface area contributed by atoms with Gasteiger partial charge in [-0.25, -0.2) is 4.39 Å². The third-order valence-corrected chi connectivity index (χ3v) is 2.68. The fourth-order valence-electron chi connectivity index (χ4n) is 1.86. The van der Waals surface area contributed by atoms with E-state index in [1.54, 1.807) is 6.07 Å². The largest absolute Gasteiger partial charge is 0.485 e. The minimum atomic E-state index is -0.422. The average Bonchev–Trinajstić information content (AvgIpc) is 2.26. The first-order valence-electron chi connectivity index (χ1n) is 5.30. The fourth-order valence-corrected chi connectivity index (χ4v) is 1.86. The van der Waals surface area contributed by atoms with Crippen LogP contribution in [0.5, 0.6) is 5.75 Å². The monoisotopic (exact) mass is 223 g/mol. The van der Waals surface area contributed by atoms with E-state index in [1.807, 2.05) is 13.8 Å². The van der Waals surface area contributed by atoms with Gasteiger partial charge in [-0.15, -0.1) is 0 Å². The summed E-state index contributed by atoms with van der Waals surface area (Å²) < 4.78 is 18.7. The molecule has 0 aliphatic carbocycles. The summed E-state index contributed by atoms with van der Waals surface area (Å²) in [6.07, 6.45) is 0.592. The van der Waals surface area contributed by atoms with Crippen molar-refractivity contribution in [1.29, 1.82) is 0 Å². The molecule has 0 saturated heterocycles. The lowest BCUT2D eigenvalue weighted by molar-refractivity contribution is -0.110. The summed E-state index contributed by atoms with van der Waals surface area (Å²) in [5, 5.41) is 2.99. The Labute approximate surface area is 93.6 Å². The second-order valence-corrected chi connectivity index (χ2v) is 4.27. The number of ether oxygens (including phenoxy) is 1. The number of rotatable bonds is 2. The first kappa shape index (κ1) is 10.9. The third kappa shape index (κ3) is 1.87. The SMILES string of the molecule is CC(C)C1Oc2ccc(F)cc2NC1C=O. The molecule has 1 aromatic carbocycles. The molecule has 86 valence electrons. The van der Waals surface area contributed by atoms with Gasteiger partial charge < -0.3 is 14.8 Å². The second kappa shape index (κ2) is 4.12. The van der Waals surface area contributed by atoms with Crippen molar-refractivity contribution in [3.05, 3.63) is 24.0 Å². The first-order chi connectivity index (χ1) is 7.61. The van der Waals surface area contributed by atoms with E-state index >= 15 is 0 Å². The van der Waals surface area contributed by atoms with Crippen LogP contribution in [0.4, 0.5) is 10.1 Å². The summed E-state index contributed by atoms with van der Waals surface area (Å²) in [5.41, 5.74) is 0.536. The highest BCUT2D eigenvalue weighted by Gasteiger charge is 2.31. The van der Waals surface area contributed by atoms with Gasteiger partial charge >= 0.3 is 0 Å². The fraction of sp³-hybridized carbons (Fsp3) is 0.417. The van der Waals surface area contributed by atoms with Crippen molar-refractivity contribution in [2.45, 2.75) is 26.0 Å². The normalized spacial score (nSPS) is 23.2. The number of halogens is 1. The molecule has 0 amide bonds. The predicted octanol–water partition coefficient (Wildman–Crippen LogP) is 2.22. The van der Waals surface area contributed by atoms with E-state index in [0.29, 0.717) is 11.4 Å². The van der Waals surface area contributed by atoms with Crippen LogP contribution >= 0.6 is 0 Å². The highest BCUT2D eigenvalue weighted by Crippen LogP contribution is 2.33. The van der Waals surface area contributed by atoms with E-state index < -0.39 is 6.04 Å². The maximum Gasteiger partial charge on any atom is 0.146 e. The number of carbonyl (C=O) groups excluding carboxylic acids is 1. The van der Waals surface area contributed by atoms with Gasteiger partial charge in [-0.05, 0) is 18.1 Å². The van der Waals surface area contributed by atoms with E-state index in [4.69, 9.17) is 4.74 Å². The molecule has 16 heavy (non-hydrogen) atoms. The lowest BCUT2D eigenvalue weighted by Crippen LogP contribution is -2.45. The van der Waals surface area contributed by atoms with Crippen molar-refractivity contribution in [2.24, 2.45) is 5.92 Å². The molecule has 0 fully saturated rings. The third-order valence-electron chi connectivity index (χ3n) is 2.68. The van der Waals surface area contributed by atoms with E-state index in [0.717, 1.165) is 6.29 Å². The Morgan fingerprint density at radius 3 is 2.88 bits per heavy atom. The van der Waals surface area contributed by atoms with Crippen molar-refractivity contribution in [1.82, 2.24) is 0 Å².